The second kappa shape index (κ2) is 6.14. The maximum atomic E-state index is 10.7. The molecular formula is C16H17ClN2O2. The summed E-state index contributed by atoms with van der Waals surface area (Å²) >= 11 is 5.91. The molecule has 2 aromatic carbocycles. The summed E-state index contributed by atoms with van der Waals surface area (Å²) in [4.78, 5) is 10.2. The summed E-state index contributed by atoms with van der Waals surface area (Å²) in [7, 11) is 0. The summed E-state index contributed by atoms with van der Waals surface area (Å²) in [6.07, 6.45) is 0. The van der Waals surface area contributed by atoms with Gasteiger partial charge in [-0.2, -0.15) is 0 Å². The van der Waals surface area contributed by atoms with Gasteiger partial charge in [-0.25, -0.2) is 0 Å². The van der Waals surface area contributed by atoms with Crippen LogP contribution >= 0.6 is 11.6 Å². The number of rotatable bonds is 4. The molecule has 1 N–H and O–H groups in total. The van der Waals surface area contributed by atoms with Crippen LogP contribution in [-0.2, 0) is 6.54 Å². The largest absolute Gasteiger partial charge is 0.381 e. The minimum atomic E-state index is -0.486. The number of nitro benzene ring substituents is 1. The molecule has 0 fully saturated rings. The van der Waals surface area contributed by atoms with Crippen molar-refractivity contribution in [2.24, 2.45) is 0 Å². The van der Waals surface area contributed by atoms with E-state index in [1.165, 1.54) is 28.3 Å². The number of nitrogens with one attached hydrogen (secondary N) is 1. The number of hydrogen-bond donors (Lipinski definition) is 1. The van der Waals surface area contributed by atoms with Gasteiger partial charge in [0.1, 0.15) is 5.02 Å². The Kier molecular flexibility index (Phi) is 4.48. The molecule has 0 aromatic heterocycles. The lowest BCUT2D eigenvalue weighted by molar-refractivity contribution is -0.384. The standard InChI is InChI=1S/C16H17ClN2O2/c1-10-6-11(2)14(12(3)7-10)9-18-13-4-5-16(19(20)21)15(17)8-13/h4-8,18H,9H2,1-3H3. The molecule has 0 saturated heterocycles. The number of nitro groups is 1. The maximum absolute atomic E-state index is 10.7. The van der Waals surface area contributed by atoms with E-state index in [9.17, 15) is 10.1 Å². The van der Waals surface area contributed by atoms with E-state index in [4.69, 9.17) is 11.6 Å². The molecule has 0 saturated carbocycles. The van der Waals surface area contributed by atoms with Crippen LogP contribution in [0.1, 0.15) is 22.3 Å². The van der Waals surface area contributed by atoms with Crippen molar-refractivity contribution in [3.8, 4) is 0 Å². The van der Waals surface area contributed by atoms with Crippen molar-refractivity contribution in [1.29, 1.82) is 0 Å². The van der Waals surface area contributed by atoms with Crippen molar-refractivity contribution in [2.75, 3.05) is 5.32 Å². The van der Waals surface area contributed by atoms with Crippen LogP contribution in [0.4, 0.5) is 11.4 Å². The second-order valence-electron chi connectivity index (χ2n) is 5.15. The summed E-state index contributed by atoms with van der Waals surface area (Å²) in [6, 6.07) is 8.96. The van der Waals surface area contributed by atoms with Crippen molar-refractivity contribution < 1.29 is 4.92 Å². The van der Waals surface area contributed by atoms with E-state index >= 15 is 0 Å². The molecule has 0 bridgehead atoms. The summed E-state index contributed by atoms with van der Waals surface area (Å²) in [5, 5.41) is 14.1. The average Bonchev–Trinajstić information content (AvgIpc) is 2.36. The molecule has 0 spiro atoms. The van der Waals surface area contributed by atoms with E-state index in [2.05, 4.69) is 38.2 Å². The molecule has 0 amide bonds. The number of aryl methyl sites for hydroxylation is 3. The average molecular weight is 305 g/mol. The van der Waals surface area contributed by atoms with Gasteiger partial charge in [0, 0.05) is 18.3 Å². The maximum Gasteiger partial charge on any atom is 0.288 e. The van der Waals surface area contributed by atoms with E-state index in [1.807, 2.05) is 0 Å². The predicted octanol–water partition coefficient (Wildman–Crippen LogP) is 4.79. The molecule has 4 nitrogen and oxygen atoms in total. The van der Waals surface area contributed by atoms with Crippen LogP contribution in [0, 0.1) is 30.9 Å². The highest BCUT2D eigenvalue weighted by Gasteiger charge is 2.12. The Bertz CT molecular complexity index is 676. The fraction of sp³-hybridized carbons (Fsp3) is 0.250. The van der Waals surface area contributed by atoms with Crippen LogP contribution in [0.15, 0.2) is 30.3 Å². The van der Waals surface area contributed by atoms with Crippen LogP contribution in [0.3, 0.4) is 0 Å². The van der Waals surface area contributed by atoms with Crippen LogP contribution in [0.2, 0.25) is 5.02 Å². The van der Waals surface area contributed by atoms with Gasteiger partial charge in [0.05, 0.1) is 4.92 Å². The third-order valence-corrected chi connectivity index (χ3v) is 3.76. The fourth-order valence-electron chi connectivity index (χ4n) is 2.44. The molecule has 0 unspecified atom stereocenters. The number of hydrogen-bond acceptors (Lipinski definition) is 3. The van der Waals surface area contributed by atoms with Crippen LogP contribution in [0.5, 0.6) is 0 Å². The van der Waals surface area contributed by atoms with Gasteiger partial charge in [-0.05, 0) is 49.6 Å². The summed E-state index contributed by atoms with van der Waals surface area (Å²) in [6.45, 7) is 6.90. The zero-order valence-electron chi connectivity index (χ0n) is 12.2. The summed E-state index contributed by atoms with van der Waals surface area (Å²) < 4.78 is 0. The Balaban J connectivity index is 2.17. The Morgan fingerprint density at radius 1 is 1.14 bits per heavy atom. The van der Waals surface area contributed by atoms with E-state index in [1.54, 1.807) is 12.1 Å². The Morgan fingerprint density at radius 2 is 1.76 bits per heavy atom. The first-order chi connectivity index (χ1) is 9.88. The topological polar surface area (TPSA) is 55.2 Å². The summed E-state index contributed by atoms with van der Waals surface area (Å²) in [5.41, 5.74) is 5.62. The van der Waals surface area contributed by atoms with Gasteiger partial charge < -0.3 is 5.32 Å². The molecule has 2 rings (SSSR count). The second-order valence-corrected chi connectivity index (χ2v) is 5.56. The van der Waals surface area contributed by atoms with Gasteiger partial charge in [0.2, 0.25) is 0 Å². The van der Waals surface area contributed by atoms with Crippen molar-refractivity contribution in [1.82, 2.24) is 0 Å². The Morgan fingerprint density at radius 3 is 2.29 bits per heavy atom. The Hall–Kier alpha value is -2.07. The highest BCUT2D eigenvalue weighted by atomic mass is 35.5. The van der Waals surface area contributed by atoms with Crippen LogP contribution in [-0.4, -0.2) is 4.92 Å². The quantitative estimate of drug-likeness (QED) is 0.653. The lowest BCUT2D eigenvalue weighted by Crippen LogP contribution is -2.04. The molecule has 110 valence electrons. The minimum absolute atomic E-state index is 0.0788. The molecule has 5 heteroatoms. The van der Waals surface area contributed by atoms with Gasteiger partial charge in [-0.1, -0.05) is 29.3 Å². The molecule has 0 heterocycles. The number of benzene rings is 2. The van der Waals surface area contributed by atoms with Gasteiger partial charge in [0.15, 0.2) is 0 Å². The predicted molar refractivity (Wildman–Crippen MR) is 86.1 cm³/mol. The highest BCUT2D eigenvalue weighted by molar-refractivity contribution is 6.32. The third-order valence-electron chi connectivity index (χ3n) is 3.45. The Labute approximate surface area is 128 Å². The lowest BCUT2D eigenvalue weighted by atomic mass is 10.00. The lowest BCUT2D eigenvalue weighted by Gasteiger charge is -2.13. The van der Waals surface area contributed by atoms with Crippen LogP contribution < -0.4 is 5.32 Å². The van der Waals surface area contributed by atoms with Gasteiger partial charge in [-0.3, -0.25) is 10.1 Å². The van der Waals surface area contributed by atoms with E-state index in [-0.39, 0.29) is 10.7 Å². The first-order valence-corrected chi connectivity index (χ1v) is 7.01. The van der Waals surface area contributed by atoms with Crippen molar-refractivity contribution >= 4 is 23.0 Å². The smallest absolute Gasteiger partial charge is 0.288 e. The van der Waals surface area contributed by atoms with Gasteiger partial charge in [-0.15, -0.1) is 0 Å². The van der Waals surface area contributed by atoms with Gasteiger partial charge >= 0.3 is 0 Å². The molecule has 21 heavy (non-hydrogen) atoms. The van der Waals surface area contributed by atoms with E-state index in [0.29, 0.717) is 6.54 Å². The van der Waals surface area contributed by atoms with Crippen LogP contribution in [0.25, 0.3) is 0 Å². The normalized spacial score (nSPS) is 10.5. The van der Waals surface area contributed by atoms with Crippen molar-refractivity contribution in [2.45, 2.75) is 27.3 Å². The number of anilines is 1. The highest BCUT2D eigenvalue weighted by Crippen LogP contribution is 2.27. The molecule has 0 aliphatic heterocycles. The first-order valence-electron chi connectivity index (χ1n) is 6.63. The van der Waals surface area contributed by atoms with Gasteiger partial charge in [0.25, 0.3) is 5.69 Å². The minimum Gasteiger partial charge on any atom is -0.381 e. The van der Waals surface area contributed by atoms with E-state index < -0.39 is 4.92 Å². The molecule has 0 aliphatic carbocycles. The van der Waals surface area contributed by atoms with Crippen molar-refractivity contribution in [3.05, 3.63) is 67.7 Å². The molecule has 0 radical (unpaired) electrons. The van der Waals surface area contributed by atoms with Crippen molar-refractivity contribution in [3.63, 3.8) is 0 Å². The molecule has 2 aromatic rings. The first kappa shape index (κ1) is 15.3. The SMILES string of the molecule is Cc1cc(C)c(CNc2ccc([N+](=O)[O-])c(Cl)c2)c(C)c1. The zero-order chi connectivity index (χ0) is 15.6. The fourth-order valence-corrected chi connectivity index (χ4v) is 2.69. The third kappa shape index (κ3) is 3.52. The monoisotopic (exact) mass is 304 g/mol. The molecule has 0 atom stereocenters. The number of halogens is 1. The number of nitrogens with zero attached hydrogens (tertiary/aromatic N) is 1. The van der Waals surface area contributed by atoms with E-state index in [0.717, 1.165) is 5.69 Å². The summed E-state index contributed by atoms with van der Waals surface area (Å²) in [5.74, 6) is 0. The zero-order valence-corrected chi connectivity index (χ0v) is 13.0. The molecule has 0 aliphatic rings. The molecular weight excluding hydrogens is 288 g/mol.